The van der Waals surface area contributed by atoms with Crippen LogP contribution in [0, 0.1) is 6.92 Å². The summed E-state index contributed by atoms with van der Waals surface area (Å²) in [7, 11) is 0. The van der Waals surface area contributed by atoms with E-state index in [-0.39, 0.29) is 5.91 Å². The number of hydrogen-bond acceptors (Lipinski definition) is 3. The van der Waals surface area contributed by atoms with E-state index in [0.717, 1.165) is 27.7 Å². The third kappa shape index (κ3) is 3.67. The maximum Gasteiger partial charge on any atom is 0.251 e. The van der Waals surface area contributed by atoms with Gasteiger partial charge in [-0.1, -0.05) is 48.0 Å². The van der Waals surface area contributed by atoms with Gasteiger partial charge in [0.2, 0.25) is 0 Å². The minimum atomic E-state index is -0.0933. The van der Waals surface area contributed by atoms with Gasteiger partial charge >= 0.3 is 0 Å². The van der Waals surface area contributed by atoms with Crippen molar-refractivity contribution in [3.8, 4) is 11.1 Å². The fourth-order valence-electron chi connectivity index (χ4n) is 3.04. The lowest BCUT2D eigenvalue weighted by Crippen LogP contribution is -2.22. The van der Waals surface area contributed by atoms with Gasteiger partial charge in [-0.15, -0.1) is 0 Å². The van der Waals surface area contributed by atoms with Crippen LogP contribution in [-0.2, 0) is 6.54 Å². The second-order valence-electron chi connectivity index (χ2n) is 6.60. The second kappa shape index (κ2) is 6.96. The first-order valence-electron chi connectivity index (χ1n) is 8.78. The van der Waals surface area contributed by atoms with Crippen LogP contribution in [0.1, 0.15) is 21.5 Å². The van der Waals surface area contributed by atoms with Crippen LogP contribution in [0.25, 0.3) is 22.2 Å². The maximum absolute atomic E-state index is 12.5. The Morgan fingerprint density at radius 2 is 1.81 bits per heavy atom. The lowest BCUT2D eigenvalue weighted by Gasteiger charge is -2.08. The smallest absolute Gasteiger partial charge is 0.251 e. The molecule has 0 saturated heterocycles. The SMILES string of the molecule is Cc1ccc(CNC(=O)c2cccc(-c3ccc4nc(N)[nH]c4c3)c2)cc1. The molecule has 0 saturated carbocycles. The third-order valence-electron chi connectivity index (χ3n) is 4.53. The fourth-order valence-corrected chi connectivity index (χ4v) is 3.04. The number of nitrogens with two attached hydrogens (primary N) is 1. The van der Waals surface area contributed by atoms with Gasteiger partial charge in [0.25, 0.3) is 5.91 Å². The molecule has 5 nitrogen and oxygen atoms in total. The van der Waals surface area contributed by atoms with E-state index >= 15 is 0 Å². The van der Waals surface area contributed by atoms with Gasteiger partial charge in [0.1, 0.15) is 0 Å². The van der Waals surface area contributed by atoms with Crippen molar-refractivity contribution >= 4 is 22.9 Å². The summed E-state index contributed by atoms with van der Waals surface area (Å²) in [4.78, 5) is 19.8. The lowest BCUT2D eigenvalue weighted by molar-refractivity contribution is 0.0951. The normalized spacial score (nSPS) is 10.9. The van der Waals surface area contributed by atoms with Crippen molar-refractivity contribution in [1.82, 2.24) is 15.3 Å². The van der Waals surface area contributed by atoms with Gasteiger partial charge in [-0.25, -0.2) is 4.98 Å². The van der Waals surface area contributed by atoms with Crippen molar-refractivity contribution in [2.75, 3.05) is 5.73 Å². The average Bonchev–Trinajstić information content (AvgIpc) is 3.06. The number of nitrogens with one attached hydrogen (secondary N) is 2. The largest absolute Gasteiger partial charge is 0.369 e. The average molecular weight is 356 g/mol. The minimum absolute atomic E-state index is 0.0933. The number of imidazole rings is 1. The highest BCUT2D eigenvalue weighted by molar-refractivity contribution is 5.95. The zero-order chi connectivity index (χ0) is 18.8. The molecule has 0 bridgehead atoms. The summed E-state index contributed by atoms with van der Waals surface area (Å²) in [6.07, 6.45) is 0. The Morgan fingerprint density at radius 1 is 1.04 bits per heavy atom. The first-order chi connectivity index (χ1) is 13.1. The van der Waals surface area contributed by atoms with Gasteiger partial charge in [-0.3, -0.25) is 4.79 Å². The number of anilines is 1. The van der Waals surface area contributed by atoms with Crippen molar-refractivity contribution in [2.45, 2.75) is 13.5 Å². The quantitative estimate of drug-likeness (QED) is 0.516. The molecule has 0 aliphatic carbocycles. The van der Waals surface area contributed by atoms with Gasteiger partial charge in [0.05, 0.1) is 11.0 Å². The molecule has 5 heteroatoms. The molecule has 4 rings (SSSR count). The molecule has 0 radical (unpaired) electrons. The topological polar surface area (TPSA) is 83.8 Å². The fraction of sp³-hybridized carbons (Fsp3) is 0.0909. The van der Waals surface area contributed by atoms with Gasteiger partial charge in [-0.05, 0) is 47.9 Å². The highest BCUT2D eigenvalue weighted by Crippen LogP contribution is 2.24. The van der Waals surface area contributed by atoms with Gasteiger partial charge in [-0.2, -0.15) is 0 Å². The van der Waals surface area contributed by atoms with Crippen LogP contribution in [0.5, 0.6) is 0 Å². The van der Waals surface area contributed by atoms with E-state index in [2.05, 4.69) is 15.3 Å². The maximum atomic E-state index is 12.5. The van der Waals surface area contributed by atoms with Gasteiger partial charge in [0.15, 0.2) is 5.95 Å². The van der Waals surface area contributed by atoms with Gasteiger partial charge < -0.3 is 16.0 Å². The Labute approximate surface area is 157 Å². The molecule has 0 atom stereocenters. The molecule has 0 aliphatic heterocycles. The molecule has 1 aromatic heterocycles. The lowest BCUT2D eigenvalue weighted by atomic mass is 10.0. The molecular formula is C22H20N4O. The molecule has 0 unspecified atom stereocenters. The van der Waals surface area contributed by atoms with E-state index in [9.17, 15) is 4.79 Å². The Hall–Kier alpha value is -3.60. The van der Waals surface area contributed by atoms with E-state index < -0.39 is 0 Å². The molecule has 4 N–H and O–H groups in total. The molecule has 4 aromatic rings. The van der Waals surface area contributed by atoms with Crippen LogP contribution in [-0.4, -0.2) is 15.9 Å². The Bertz CT molecular complexity index is 1110. The number of amides is 1. The predicted octanol–water partition coefficient (Wildman–Crippen LogP) is 4.05. The van der Waals surface area contributed by atoms with E-state index in [1.807, 2.05) is 73.7 Å². The number of carbonyl (C=O) groups is 1. The predicted molar refractivity (Wildman–Crippen MR) is 108 cm³/mol. The Balaban J connectivity index is 1.53. The number of fused-ring (bicyclic) bond motifs is 1. The van der Waals surface area contributed by atoms with Crippen LogP contribution in [0.2, 0.25) is 0 Å². The molecule has 1 amide bonds. The van der Waals surface area contributed by atoms with Crippen LogP contribution in [0.3, 0.4) is 0 Å². The number of hydrogen-bond donors (Lipinski definition) is 3. The Morgan fingerprint density at radius 3 is 2.63 bits per heavy atom. The van der Waals surface area contributed by atoms with Crippen molar-refractivity contribution in [3.05, 3.63) is 83.4 Å². The number of benzene rings is 3. The molecule has 0 aliphatic rings. The second-order valence-corrected chi connectivity index (χ2v) is 6.60. The summed E-state index contributed by atoms with van der Waals surface area (Å²) in [5, 5.41) is 2.97. The summed E-state index contributed by atoms with van der Waals surface area (Å²) in [6, 6.07) is 21.6. The third-order valence-corrected chi connectivity index (χ3v) is 4.53. The van der Waals surface area contributed by atoms with E-state index in [0.29, 0.717) is 18.1 Å². The summed E-state index contributed by atoms with van der Waals surface area (Å²) < 4.78 is 0. The van der Waals surface area contributed by atoms with Crippen molar-refractivity contribution in [1.29, 1.82) is 0 Å². The van der Waals surface area contributed by atoms with Crippen molar-refractivity contribution in [2.24, 2.45) is 0 Å². The number of aromatic amines is 1. The zero-order valence-corrected chi connectivity index (χ0v) is 15.0. The molecule has 134 valence electrons. The van der Waals surface area contributed by atoms with Crippen LogP contribution < -0.4 is 11.1 Å². The van der Waals surface area contributed by atoms with E-state index in [1.165, 1.54) is 5.56 Å². The first-order valence-corrected chi connectivity index (χ1v) is 8.78. The summed E-state index contributed by atoms with van der Waals surface area (Å²) in [6.45, 7) is 2.55. The number of H-pyrrole nitrogens is 1. The number of carbonyl (C=O) groups excluding carboxylic acids is 1. The first kappa shape index (κ1) is 16.8. The summed E-state index contributed by atoms with van der Waals surface area (Å²) in [5.74, 6) is 0.302. The highest BCUT2D eigenvalue weighted by Gasteiger charge is 2.08. The number of rotatable bonds is 4. The highest BCUT2D eigenvalue weighted by atomic mass is 16.1. The molecule has 0 fully saturated rings. The number of nitrogens with zero attached hydrogens (tertiary/aromatic N) is 1. The molecular weight excluding hydrogens is 336 g/mol. The van der Waals surface area contributed by atoms with Crippen LogP contribution >= 0.6 is 0 Å². The summed E-state index contributed by atoms with van der Waals surface area (Å²) >= 11 is 0. The molecule has 1 heterocycles. The van der Waals surface area contributed by atoms with E-state index in [4.69, 9.17) is 5.73 Å². The monoisotopic (exact) mass is 356 g/mol. The van der Waals surface area contributed by atoms with Crippen LogP contribution in [0.4, 0.5) is 5.95 Å². The minimum Gasteiger partial charge on any atom is -0.369 e. The standard InChI is InChI=1S/C22H20N4O/c1-14-5-7-15(8-6-14)13-24-21(27)18-4-2-3-16(11-18)17-9-10-19-20(12-17)26-22(23)25-19/h2-12H,13H2,1H3,(H,24,27)(H3,23,25,26). The number of aromatic nitrogens is 2. The zero-order valence-electron chi connectivity index (χ0n) is 15.0. The Kier molecular flexibility index (Phi) is 4.34. The molecule has 0 spiro atoms. The van der Waals surface area contributed by atoms with Crippen molar-refractivity contribution in [3.63, 3.8) is 0 Å². The summed E-state index contributed by atoms with van der Waals surface area (Å²) in [5.41, 5.74) is 12.3. The number of aryl methyl sites for hydroxylation is 1. The molecule has 27 heavy (non-hydrogen) atoms. The molecule has 3 aromatic carbocycles. The van der Waals surface area contributed by atoms with E-state index in [1.54, 1.807) is 0 Å². The van der Waals surface area contributed by atoms with Gasteiger partial charge in [0, 0.05) is 12.1 Å². The van der Waals surface area contributed by atoms with Crippen molar-refractivity contribution < 1.29 is 4.79 Å². The van der Waals surface area contributed by atoms with Crippen LogP contribution in [0.15, 0.2) is 66.7 Å². The number of nitrogen functional groups attached to an aromatic ring is 1.